The maximum absolute atomic E-state index is 12.1. The normalized spacial score (nSPS) is 11.3. The number of nitrogens with zero attached hydrogens (tertiary/aromatic N) is 2. The van der Waals surface area contributed by atoms with Gasteiger partial charge < -0.3 is 4.74 Å². The van der Waals surface area contributed by atoms with Crippen LogP contribution >= 0.6 is 11.8 Å². The van der Waals surface area contributed by atoms with Gasteiger partial charge in [-0.15, -0.1) is 0 Å². The largest absolute Gasteiger partial charge is 0.493 e. The SMILES string of the molecule is CN(C)S(=O)(=O)c1cccc(CSCCOc2ccc(C#N)cc2)c1. The summed E-state index contributed by atoms with van der Waals surface area (Å²) in [6.45, 7) is 0.548. The molecule has 2 rings (SSSR count). The molecule has 2 aromatic rings. The molecule has 0 N–H and O–H groups in total. The van der Waals surface area contributed by atoms with Crippen LogP contribution in [0.25, 0.3) is 0 Å². The van der Waals surface area contributed by atoms with E-state index in [-0.39, 0.29) is 0 Å². The van der Waals surface area contributed by atoms with Crippen LogP contribution in [0.4, 0.5) is 0 Å². The number of nitriles is 1. The van der Waals surface area contributed by atoms with Crippen LogP contribution in [0, 0.1) is 11.3 Å². The molecule has 0 unspecified atom stereocenters. The van der Waals surface area contributed by atoms with Gasteiger partial charge in [0.15, 0.2) is 0 Å². The van der Waals surface area contributed by atoms with Crippen LogP contribution in [-0.4, -0.2) is 39.2 Å². The molecule has 0 aromatic heterocycles. The van der Waals surface area contributed by atoms with Crippen LogP contribution in [0.5, 0.6) is 5.75 Å². The second kappa shape index (κ2) is 8.90. The van der Waals surface area contributed by atoms with E-state index in [1.54, 1.807) is 54.2 Å². The van der Waals surface area contributed by atoms with Gasteiger partial charge in [-0.2, -0.15) is 17.0 Å². The summed E-state index contributed by atoms with van der Waals surface area (Å²) >= 11 is 1.68. The third-order valence-electron chi connectivity index (χ3n) is 3.43. The summed E-state index contributed by atoms with van der Waals surface area (Å²) in [7, 11) is -0.350. The van der Waals surface area contributed by atoms with Crippen LogP contribution in [0.1, 0.15) is 11.1 Å². The first kappa shape index (κ1) is 19.3. The van der Waals surface area contributed by atoms with Crippen molar-refractivity contribution >= 4 is 21.8 Å². The summed E-state index contributed by atoms with van der Waals surface area (Å²) < 4.78 is 31.1. The minimum Gasteiger partial charge on any atom is -0.493 e. The molecule has 0 aliphatic carbocycles. The first-order valence-electron chi connectivity index (χ1n) is 7.65. The molecule has 132 valence electrons. The molecule has 0 fully saturated rings. The molecule has 0 heterocycles. The van der Waals surface area contributed by atoms with Gasteiger partial charge in [-0.25, -0.2) is 12.7 Å². The maximum Gasteiger partial charge on any atom is 0.242 e. The number of hydrogen-bond acceptors (Lipinski definition) is 5. The number of ether oxygens (including phenoxy) is 1. The van der Waals surface area contributed by atoms with E-state index in [1.807, 2.05) is 6.07 Å². The number of benzene rings is 2. The van der Waals surface area contributed by atoms with Crippen LogP contribution in [-0.2, 0) is 15.8 Å². The molecule has 0 aliphatic rings. The van der Waals surface area contributed by atoms with Gasteiger partial charge in [0, 0.05) is 25.6 Å². The van der Waals surface area contributed by atoms with Crippen LogP contribution < -0.4 is 4.74 Å². The number of hydrogen-bond donors (Lipinski definition) is 0. The zero-order valence-corrected chi connectivity index (χ0v) is 15.8. The highest BCUT2D eigenvalue weighted by molar-refractivity contribution is 7.98. The zero-order valence-electron chi connectivity index (χ0n) is 14.2. The topological polar surface area (TPSA) is 70.4 Å². The van der Waals surface area contributed by atoms with E-state index >= 15 is 0 Å². The van der Waals surface area contributed by atoms with Crippen molar-refractivity contribution in [3.63, 3.8) is 0 Å². The Morgan fingerprint density at radius 3 is 2.52 bits per heavy atom. The Morgan fingerprint density at radius 2 is 1.88 bits per heavy atom. The van der Waals surface area contributed by atoms with Gasteiger partial charge in [0.2, 0.25) is 10.0 Å². The number of sulfonamides is 1. The van der Waals surface area contributed by atoms with Gasteiger partial charge in [0.05, 0.1) is 23.1 Å². The van der Waals surface area contributed by atoms with Crippen LogP contribution in [0.2, 0.25) is 0 Å². The van der Waals surface area contributed by atoms with Gasteiger partial charge in [-0.05, 0) is 42.0 Å². The molecular weight excluding hydrogens is 356 g/mol. The summed E-state index contributed by atoms with van der Waals surface area (Å²) in [5.74, 6) is 2.23. The Morgan fingerprint density at radius 1 is 1.16 bits per heavy atom. The monoisotopic (exact) mass is 376 g/mol. The van der Waals surface area contributed by atoms with Crippen molar-refractivity contribution in [2.75, 3.05) is 26.5 Å². The average Bonchev–Trinajstić information content (AvgIpc) is 2.62. The standard InChI is InChI=1S/C18H20N2O3S2/c1-20(2)25(21,22)18-5-3-4-16(12-18)14-24-11-10-23-17-8-6-15(13-19)7-9-17/h3-9,12H,10-11,14H2,1-2H3. The van der Waals surface area contributed by atoms with Crippen LogP contribution in [0.3, 0.4) is 0 Å². The predicted molar refractivity (Wildman–Crippen MR) is 100 cm³/mol. The van der Waals surface area contributed by atoms with Gasteiger partial charge in [0.25, 0.3) is 0 Å². The Bertz CT molecular complexity index is 841. The van der Waals surface area contributed by atoms with Crippen molar-refractivity contribution in [3.8, 4) is 11.8 Å². The maximum atomic E-state index is 12.1. The van der Waals surface area contributed by atoms with Crippen molar-refractivity contribution < 1.29 is 13.2 Å². The minimum atomic E-state index is -3.40. The highest BCUT2D eigenvalue weighted by Crippen LogP contribution is 2.19. The molecule has 0 atom stereocenters. The molecule has 7 heteroatoms. The van der Waals surface area contributed by atoms with Crippen LogP contribution in [0.15, 0.2) is 53.4 Å². The molecule has 0 bridgehead atoms. The average molecular weight is 377 g/mol. The van der Waals surface area contributed by atoms with Crippen molar-refractivity contribution in [2.45, 2.75) is 10.6 Å². The molecule has 25 heavy (non-hydrogen) atoms. The first-order chi connectivity index (χ1) is 11.9. The van der Waals surface area contributed by atoms with Crippen molar-refractivity contribution in [3.05, 3.63) is 59.7 Å². The first-order valence-corrected chi connectivity index (χ1v) is 10.2. The molecule has 2 aromatic carbocycles. The zero-order chi connectivity index (χ0) is 18.3. The molecule has 0 spiro atoms. The Hall–Kier alpha value is -2.01. The summed E-state index contributed by atoms with van der Waals surface area (Å²) in [6.07, 6.45) is 0. The molecule has 0 saturated carbocycles. The van der Waals surface area contributed by atoms with E-state index in [0.29, 0.717) is 22.8 Å². The second-order valence-corrected chi connectivity index (χ2v) is 8.73. The van der Waals surface area contributed by atoms with Crippen molar-refractivity contribution in [1.82, 2.24) is 4.31 Å². The number of thioether (sulfide) groups is 1. The lowest BCUT2D eigenvalue weighted by Crippen LogP contribution is -2.22. The molecule has 0 saturated heterocycles. The summed E-state index contributed by atoms with van der Waals surface area (Å²) in [4.78, 5) is 0.310. The highest BCUT2D eigenvalue weighted by Gasteiger charge is 2.16. The lowest BCUT2D eigenvalue weighted by Gasteiger charge is -2.12. The second-order valence-electron chi connectivity index (χ2n) is 5.47. The molecule has 0 amide bonds. The summed E-state index contributed by atoms with van der Waals surface area (Å²) in [5.41, 5.74) is 1.57. The fourth-order valence-electron chi connectivity index (χ4n) is 2.04. The van der Waals surface area contributed by atoms with Gasteiger partial charge in [-0.1, -0.05) is 12.1 Å². The van der Waals surface area contributed by atoms with Crippen molar-refractivity contribution in [2.24, 2.45) is 0 Å². The third kappa shape index (κ3) is 5.49. The molecule has 0 radical (unpaired) electrons. The molecular formula is C18H20N2O3S2. The van der Waals surface area contributed by atoms with E-state index in [2.05, 4.69) is 6.07 Å². The van der Waals surface area contributed by atoms with Gasteiger partial charge >= 0.3 is 0 Å². The van der Waals surface area contributed by atoms with E-state index < -0.39 is 10.0 Å². The summed E-state index contributed by atoms with van der Waals surface area (Å²) in [5, 5.41) is 8.75. The summed E-state index contributed by atoms with van der Waals surface area (Å²) in [6, 6.07) is 16.1. The molecule has 0 aliphatic heterocycles. The fraction of sp³-hybridized carbons (Fsp3) is 0.278. The van der Waals surface area contributed by atoms with E-state index in [9.17, 15) is 8.42 Å². The number of rotatable bonds is 8. The molecule has 5 nitrogen and oxygen atoms in total. The van der Waals surface area contributed by atoms with Crippen molar-refractivity contribution in [1.29, 1.82) is 5.26 Å². The van der Waals surface area contributed by atoms with Gasteiger partial charge in [-0.3, -0.25) is 0 Å². The Kier molecular flexibility index (Phi) is 6.88. The fourth-order valence-corrected chi connectivity index (χ4v) is 3.77. The lowest BCUT2D eigenvalue weighted by molar-refractivity contribution is 0.344. The van der Waals surface area contributed by atoms with Gasteiger partial charge in [0.1, 0.15) is 5.75 Å². The minimum absolute atomic E-state index is 0.310. The Labute approximate surface area is 153 Å². The van der Waals surface area contributed by atoms with E-state index in [1.165, 1.54) is 18.4 Å². The van der Waals surface area contributed by atoms with E-state index in [4.69, 9.17) is 10.00 Å². The third-order valence-corrected chi connectivity index (χ3v) is 6.23. The highest BCUT2D eigenvalue weighted by atomic mass is 32.2. The quantitative estimate of drug-likeness (QED) is 0.662. The predicted octanol–water partition coefficient (Wildman–Crippen LogP) is 3.12. The lowest BCUT2D eigenvalue weighted by atomic mass is 10.2. The van der Waals surface area contributed by atoms with E-state index in [0.717, 1.165) is 17.1 Å². The smallest absolute Gasteiger partial charge is 0.242 e. The Balaban J connectivity index is 1.81.